The number of aromatic nitrogens is 3. The van der Waals surface area contributed by atoms with Crippen LogP contribution in [0.2, 0.25) is 0 Å². The zero-order valence-corrected chi connectivity index (χ0v) is 9.54. The van der Waals surface area contributed by atoms with Crippen molar-refractivity contribution in [2.45, 2.75) is 39.7 Å². The minimum atomic E-state index is 0.465. The highest BCUT2D eigenvalue weighted by atomic mass is 15.3. The van der Waals surface area contributed by atoms with Gasteiger partial charge in [0.15, 0.2) is 5.82 Å². The van der Waals surface area contributed by atoms with Crippen LogP contribution >= 0.6 is 0 Å². The molecule has 1 atom stereocenters. The first-order valence-corrected chi connectivity index (χ1v) is 5.29. The third-order valence-electron chi connectivity index (χ3n) is 2.25. The van der Waals surface area contributed by atoms with Crippen LogP contribution in [0.4, 0.5) is 0 Å². The second kappa shape index (κ2) is 5.10. The lowest BCUT2D eigenvalue weighted by molar-refractivity contribution is 0.536. The summed E-state index contributed by atoms with van der Waals surface area (Å²) in [5, 5.41) is 7.69. The summed E-state index contributed by atoms with van der Waals surface area (Å²) in [6, 6.07) is 0.465. The van der Waals surface area contributed by atoms with Crippen LogP contribution in [0.25, 0.3) is 0 Å². The fourth-order valence-electron chi connectivity index (χ4n) is 1.50. The van der Waals surface area contributed by atoms with Crippen LogP contribution in [0.1, 0.15) is 32.4 Å². The zero-order chi connectivity index (χ0) is 10.6. The van der Waals surface area contributed by atoms with Crippen molar-refractivity contribution in [3.8, 4) is 0 Å². The Labute approximate surface area is 85.7 Å². The Kier molecular flexibility index (Phi) is 4.07. The van der Waals surface area contributed by atoms with E-state index >= 15 is 0 Å². The van der Waals surface area contributed by atoms with Gasteiger partial charge in [0.1, 0.15) is 5.82 Å². The highest BCUT2D eigenvalue weighted by Gasteiger charge is 2.09. The van der Waals surface area contributed by atoms with Gasteiger partial charge in [0.05, 0.1) is 0 Å². The molecule has 0 amide bonds. The minimum absolute atomic E-state index is 0.465. The predicted molar refractivity (Wildman–Crippen MR) is 57.2 cm³/mol. The topological polar surface area (TPSA) is 42.7 Å². The number of aryl methyl sites for hydroxylation is 2. The monoisotopic (exact) mass is 196 g/mol. The molecule has 4 heteroatoms. The molecular weight excluding hydrogens is 176 g/mol. The van der Waals surface area contributed by atoms with Crippen LogP contribution in [-0.2, 0) is 19.9 Å². The minimum Gasteiger partial charge on any atom is -0.314 e. The standard InChI is InChI=1S/C10H20N4/c1-5-9-12-10(14(4)13-9)7-8(3)11-6-2/h8,11H,5-7H2,1-4H3. The van der Waals surface area contributed by atoms with Gasteiger partial charge in [-0.05, 0) is 13.5 Å². The first-order valence-electron chi connectivity index (χ1n) is 5.29. The summed E-state index contributed by atoms with van der Waals surface area (Å²) in [6.45, 7) is 7.36. The van der Waals surface area contributed by atoms with Crippen LogP contribution in [0.3, 0.4) is 0 Å². The van der Waals surface area contributed by atoms with Crippen LogP contribution in [0.5, 0.6) is 0 Å². The normalized spacial score (nSPS) is 13.1. The number of nitrogens with one attached hydrogen (secondary N) is 1. The predicted octanol–water partition coefficient (Wildman–Crippen LogP) is 0.918. The van der Waals surface area contributed by atoms with E-state index in [1.807, 2.05) is 11.7 Å². The zero-order valence-electron chi connectivity index (χ0n) is 9.54. The van der Waals surface area contributed by atoms with Crippen molar-refractivity contribution < 1.29 is 0 Å². The third-order valence-corrected chi connectivity index (χ3v) is 2.25. The van der Waals surface area contributed by atoms with Gasteiger partial charge in [-0.1, -0.05) is 13.8 Å². The van der Waals surface area contributed by atoms with Gasteiger partial charge in [-0.15, -0.1) is 0 Å². The molecule has 0 aromatic carbocycles. The molecule has 0 radical (unpaired) electrons. The maximum Gasteiger partial charge on any atom is 0.150 e. The van der Waals surface area contributed by atoms with Crippen molar-refractivity contribution in [1.82, 2.24) is 20.1 Å². The van der Waals surface area contributed by atoms with Gasteiger partial charge >= 0.3 is 0 Å². The molecule has 0 saturated heterocycles. The Morgan fingerprint density at radius 3 is 2.64 bits per heavy atom. The second-order valence-electron chi connectivity index (χ2n) is 3.58. The molecule has 0 aliphatic heterocycles. The van der Waals surface area contributed by atoms with Crippen molar-refractivity contribution >= 4 is 0 Å². The average molecular weight is 196 g/mol. The van der Waals surface area contributed by atoms with E-state index in [1.165, 1.54) is 0 Å². The molecule has 0 aliphatic rings. The second-order valence-corrected chi connectivity index (χ2v) is 3.58. The van der Waals surface area contributed by atoms with E-state index in [-0.39, 0.29) is 0 Å². The van der Waals surface area contributed by atoms with Gasteiger partial charge in [0.2, 0.25) is 0 Å². The van der Waals surface area contributed by atoms with E-state index in [0.29, 0.717) is 6.04 Å². The van der Waals surface area contributed by atoms with E-state index in [4.69, 9.17) is 0 Å². The van der Waals surface area contributed by atoms with Crippen LogP contribution < -0.4 is 5.32 Å². The molecule has 1 rings (SSSR count). The van der Waals surface area contributed by atoms with Crippen molar-refractivity contribution in [3.63, 3.8) is 0 Å². The number of hydrogen-bond donors (Lipinski definition) is 1. The van der Waals surface area contributed by atoms with E-state index < -0.39 is 0 Å². The highest BCUT2D eigenvalue weighted by molar-refractivity contribution is 4.94. The highest BCUT2D eigenvalue weighted by Crippen LogP contribution is 2.01. The molecule has 0 spiro atoms. The molecule has 0 bridgehead atoms. The number of nitrogens with zero attached hydrogens (tertiary/aromatic N) is 3. The smallest absolute Gasteiger partial charge is 0.150 e. The van der Waals surface area contributed by atoms with Crippen molar-refractivity contribution in [3.05, 3.63) is 11.6 Å². The number of hydrogen-bond acceptors (Lipinski definition) is 3. The summed E-state index contributed by atoms with van der Waals surface area (Å²) in [6.07, 6.45) is 1.85. The molecule has 1 N–H and O–H groups in total. The summed E-state index contributed by atoms with van der Waals surface area (Å²) in [5.74, 6) is 2.00. The lowest BCUT2D eigenvalue weighted by atomic mass is 10.2. The molecular formula is C10H20N4. The Morgan fingerprint density at radius 1 is 1.43 bits per heavy atom. The van der Waals surface area contributed by atoms with E-state index in [0.717, 1.165) is 31.0 Å². The number of likely N-dealkylation sites (N-methyl/N-ethyl adjacent to an activating group) is 1. The maximum atomic E-state index is 4.46. The Bertz CT molecular complexity index is 280. The quantitative estimate of drug-likeness (QED) is 0.761. The van der Waals surface area contributed by atoms with Gasteiger partial charge in [-0.2, -0.15) is 5.10 Å². The summed E-state index contributed by atoms with van der Waals surface area (Å²) in [5.41, 5.74) is 0. The Morgan fingerprint density at radius 2 is 2.14 bits per heavy atom. The fraction of sp³-hybridized carbons (Fsp3) is 0.800. The SMILES string of the molecule is CCNC(C)Cc1nc(CC)nn1C. The maximum absolute atomic E-state index is 4.46. The molecule has 14 heavy (non-hydrogen) atoms. The van der Waals surface area contributed by atoms with Crippen LogP contribution in [-0.4, -0.2) is 27.4 Å². The molecule has 0 aliphatic carbocycles. The molecule has 1 unspecified atom stereocenters. The summed E-state index contributed by atoms with van der Waals surface area (Å²) >= 11 is 0. The van der Waals surface area contributed by atoms with Gasteiger partial charge < -0.3 is 5.32 Å². The molecule has 1 aromatic heterocycles. The van der Waals surface area contributed by atoms with E-state index in [9.17, 15) is 0 Å². The molecule has 1 aromatic rings. The summed E-state index contributed by atoms with van der Waals surface area (Å²) in [4.78, 5) is 4.46. The van der Waals surface area contributed by atoms with Crippen LogP contribution in [0, 0.1) is 0 Å². The fourth-order valence-corrected chi connectivity index (χ4v) is 1.50. The Hall–Kier alpha value is -0.900. The third kappa shape index (κ3) is 2.80. The van der Waals surface area contributed by atoms with E-state index in [1.54, 1.807) is 0 Å². The Balaban J connectivity index is 2.61. The molecule has 80 valence electrons. The first-order chi connectivity index (χ1) is 6.67. The lowest BCUT2D eigenvalue weighted by Crippen LogP contribution is -2.28. The lowest BCUT2D eigenvalue weighted by Gasteiger charge is -2.10. The van der Waals surface area contributed by atoms with Crippen molar-refractivity contribution in [1.29, 1.82) is 0 Å². The first kappa shape index (κ1) is 11.2. The summed E-state index contributed by atoms with van der Waals surface area (Å²) in [7, 11) is 1.96. The number of rotatable bonds is 5. The van der Waals surface area contributed by atoms with Gasteiger partial charge in [0.25, 0.3) is 0 Å². The van der Waals surface area contributed by atoms with Gasteiger partial charge in [-0.25, -0.2) is 4.98 Å². The van der Waals surface area contributed by atoms with Crippen molar-refractivity contribution in [2.24, 2.45) is 7.05 Å². The average Bonchev–Trinajstić information content (AvgIpc) is 2.48. The molecule has 0 fully saturated rings. The summed E-state index contributed by atoms with van der Waals surface area (Å²) < 4.78 is 1.88. The van der Waals surface area contributed by atoms with Crippen LogP contribution in [0.15, 0.2) is 0 Å². The molecule has 1 heterocycles. The largest absolute Gasteiger partial charge is 0.314 e. The van der Waals surface area contributed by atoms with Crippen molar-refractivity contribution in [2.75, 3.05) is 6.54 Å². The van der Waals surface area contributed by atoms with E-state index in [2.05, 4.69) is 36.2 Å². The molecule has 0 saturated carbocycles. The van der Waals surface area contributed by atoms with Gasteiger partial charge in [0, 0.05) is 25.9 Å². The molecule has 4 nitrogen and oxygen atoms in total. The van der Waals surface area contributed by atoms with Gasteiger partial charge in [-0.3, -0.25) is 4.68 Å².